The maximum Gasteiger partial charge on any atom is 0.335 e. The molecule has 0 aliphatic rings. The monoisotopic (exact) mass is 315 g/mol. The summed E-state index contributed by atoms with van der Waals surface area (Å²) in [6.45, 7) is 5.35. The molecule has 0 unspecified atom stereocenters. The zero-order chi connectivity index (χ0) is 16.2. The minimum absolute atomic E-state index is 0.00490. The van der Waals surface area contributed by atoms with Crippen molar-refractivity contribution in [2.45, 2.75) is 32.1 Å². The highest BCUT2D eigenvalue weighted by molar-refractivity contribution is 7.89. The predicted octanol–water partition coefficient (Wildman–Crippen LogP) is 1.39. The lowest BCUT2D eigenvalue weighted by atomic mass is 10.1. The molecule has 0 spiro atoms. The summed E-state index contributed by atoms with van der Waals surface area (Å²) in [7, 11) is -3.77. The molecule has 0 fully saturated rings. The van der Waals surface area contributed by atoms with Crippen molar-refractivity contribution in [1.29, 1.82) is 0 Å². The summed E-state index contributed by atoms with van der Waals surface area (Å²) in [5, 5.41) is 18.0. The number of carboxylic acid groups (broad SMARTS) is 1. The van der Waals surface area contributed by atoms with Gasteiger partial charge < -0.3 is 10.2 Å². The first-order chi connectivity index (χ1) is 9.75. The van der Waals surface area contributed by atoms with Crippen molar-refractivity contribution in [3.63, 3.8) is 0 Å². The van der Waals surface area contributed by atoms with Crippen molar-refractivity contribution in [3.8, 4) is 0 Å². The molecule has 0 aliphatic heterocycles. The molecule has 0 atom stereocenters. The Hall–Kier alpha value is -1.44. The number of rotatable bonds is 7. The number of aromatic carboxylic acids is 1. The second kappa shape index (κ2) is 7.02. The van der Waals surface area contributed by atoms with E-state index in [9.17, 15) is 13.2 Å². The molecule has 0 aliphatic carbocycles. The van der Waals surface area contributed by atoms with Crippen LogP contribution in [0.25, 0.3) is 0 Å². The van der Waals surface area contributed by atoms with E-state index in [1.54, 1.807) is 26.8 Å². The lowest BCUT2D eigenvalue weighted by Gasteiger charge is -2.21. The topological polar surface area (TPSA) is 94.9 Å². The van der Waals surface area contributed by atoms with Crippen LogP contribution in [0.1, 0.15) is 34.8 Å². The van der Waals surface area contributed by atoms with E-state index in [1.165, 1.54) is 10.4 Å². The lowest BCUT2D eigenvalue weighted by molar-refractivity contribution is 0.0696. The van der Waals surface area contributed by atoms with Crippen LogP contribution in [0.4, 0.5) is 0 Å². The summed E-state index contributed by atoms with van der Waals surface area (Å²) < 4.78 is 26.5. The number of hydrogen-bond acceptors (Lipinski definition) is 4. The van der Waals surface area contributed by atoms with Crippen LogP contribution in [0.15, 0.2) is 17.0 Å². The van der Waals surface area contributed by atoms with Crippen molar-refractivity contribution < 1.29 is 23.4 Å². The fourth-order valence-corrected chi connectivity index (χ4v) is 3.90. The molecule has 1 rings (SSSR count). The number of carboxylic acids is 1. The summed E-state index contributed by atoms with van der Waals surface area (Å²) in [4.78, 5) is 11.2. The Labute approximate surface area is 125 Å². The van der Waals surface area contributed by atoms with Gasteiger partial charge in [-0.3, -0.25) is 0 Å². The molecule has 6 nitrogen and oxygen atoms in total. The van der Waals surface area contributed by atoms with E-state index in [-0.39, 0.29) is 30.2 Å². The molecule has 1 aromatic carbocycles. The summed E-state index contributed by atoms with van der Waals surface area (Å²) in [6, 6.07) is 2.78. The summed E-state index contributed by atoms with van der Waals surface area (Å²) >= 11 is 0. The van der Waals surface area contributed by atoms with Gasteiger partial charge in [-0.2, -0.15) is 4.31 Å². The Morgan fingerprint density at radius 1 is 1.24 bits per heavy atom. The van der Waals surface area contributed by atoms with Gasteiger partial charge in [0.15, 0.2) is 0 Å². The van der Waals surface area contributed by atoms with Gasteiger partial charge >= 0.3 is 5.97 Å². The van der Waals surface area contributed by atoms with Gasteiger partial charge in [0.25, 0.3) is 0 Å². The largest absolute Gasteiger partial charge is 0.478 e. The molecular weight excluding hydrogens is 294 g/mol. The Morgan fingerprint density at radius 3 is 2.33 bits per heavy atom. The highest BCUT2D eigenvalue weighted by Gasteiger charge is 2.26. The van der Waals surface area contributed by atoms with Crippen molar-refractivity contribution in [3.05, 3.63) is 28.8 Å². The van der Waals surface area contributed by atoms with Gasteiger partial charge in [-0.15, -0.1) is 0 Å². The Morgan fingerprint density at radius 2 is 1.86 bits per heavy atom. The van der Waals surface area contributed by atoms with Crippen LogP contribution in [0.3, 0.4) is 0 Å². The van der Waals surface area contributed by atoms with Crippen LogP contribution >= 0.6 is 0 Å². The third-order valence-electron chi connectivity index (χ3n) is 3.29. The fraction of sp³-hybridized carbons (Fsp3) is 0.500. The van der Waals surface area contributed by atoms with Crippen molar-refractivity contribution in [2.24, 2.45) is 0 Å². The second-order valence-electron chi connectivity index (χ2n) is 4.81. The van der Waals surface area contributed by atoms with Crippen LogP contribution in [0.2, 0.25) is 0 Å². The molecule has 2 N–H and O–H groups in total. The Balaban J connectivity index is 3.36. The Bertz CT molecular complexity index is 624. The van der Waals surface area contributed by atoms with Gasteiger partial charge in [-0.05, 0) is 37.5 Å². The lowest BCUT2D eigenvalue weighted by Crippen LogP contribution is -2.33. The minimum Gasteiger partial charge on any atom is -0.478 e. The maximum absolute atomic E-state index is 12.6. The van der Waals surface area contributed by atoms with Gasteiger partial charge in [0.1, 0.15) is 0 Å². The molecule has 0 aromatic heterocycles. The quantitative estimate of drug-likeness (QED) is 0.793. The minimum atomic E-state index is -3.77. The van der Waals surface area contributed by atoms with Crippen LogP contribution in [-0.2, 0) is 10.0 Å². The van der Waals surface area contributed by atoms with E-state index in [0.717, 1.165) is 0 Å². The second-order valence-corrected chi connectivity index (χ2v) is 6.72. The van der Waals surface area contributed by atoms with E-state index in [4.69, 9.17) is 10.2 Å². The molecule has 0 saturated carbocycles. The van der Waals surface area contributed by atoms with E-state index in [1.807, 2.05) is 0 Å². The zero-order valence-corrected chi connectivity index (χ0v) is 13.3. The van der Waals surface area contributed by atoms with Crippen molar-refractivity contribution >= 4 is 16.0 Å². The van der Waals surface area contributed by atoms with Gasteiger partial charge in [0.2, 0.25) is 10.0 Å². The molecule has 21 heavy (non-hydrogen) atoms. The third-order valence-corrected chi connectivity index (χ3v) is 5.40. The number of carbonyl (C=O) groups is 1. The zero-order valence-electron chi connectivity index (χ0n) is 12.5. The summed E-state index contributed by atoms with van der Waals surface area (Å²) in [5.74, 6) is -1.15. The summed E-state index contributed by atoms with van der Waals surface area (Å²) in [5.41, 5.74) is 1.02. The predicted molar refractivity (Wildman–Crippen MR) is 79.0 cm³/mol. The van der Waals surface area contributed by atoms with Gasteiger partial charge in [0, 0.05) is 19.7 Å². The van der Waals surface area contributed by atoms with E-state index in [2.05, 4.69) is 0 Å². The van der Waals surface area contributed by atoms with Crippen LogP contribution in [-0.4, -0.2) is 48.6 Å². The number of nitrogens with zero attached hydrogens (tertiary/aromatic N) is 1. The Kier molecular flexibility index (Phi) is 5.88. The van der Waals surface area contributed by atoms with Crippen LogP contribution in [0, 0.1) is 13.8 Å². The molecule has 0 radical (unpaired) electrons. The highest BCUT2D eigenvalue weighted by atomic mass is 32.2. The number of sulfonamides is 1. The number of aryl methyl sites for hydroxylation is 2. The molecule has 7 heteroatoms. The van der Waals surface area contributed by atoms with Gasteiger partial charge in [0.05, 0.1) is 10.5 Å². The molecule has 1 aromatic rings. The van der Waals surface area contributed by atoms with Crippen LogP contribution < -0.4 is 0 Å². The fourth-order valence-electron chi connectivity index (χ4n) is 2.18. The van der Waals surface area contributed by atoms with Crippen molar-refractivity contribution in [2.75, 3.05) is 19.7 Å². The van der Waals surface area contributed by atoms with E-state index < -0.39 is 16.0 Å². The van der Waals surface area contributed by atoms with Crippen LogP contribution in [0.5, 0.6) is 0 Å². The normalized spacial score (nSPS) is 11.9. The molecule has 0 heterocycles. The van der Waals surface area contributed by atoms with Gasteiger partial charge in [-0.25, -0.2) is 13.2 Å². The first-order valence-electron chi connectivity index (χ1n) is 6.71. The van der Waals surface area contributed by atoms with Crippen molar-refractivity contribution in [1.82, 2.24) is 4.31 Å². The summed E-state index contributed by atoms with van der Waals surface area (Å²) in [6.07, 6.45) is 0.337. The number of aliphatic hydroxyl groups excluding tert-OH is 1. The molecule has 118 valence electrons. The molecular formula is C14H21NO5S. The highest BCUT2D eigenvalue weighted by Crippen LogP contribution is 2.24. The maximum atomic E-state index is 12.6. The average molecular weight is 315 g/mol. The van der Waals surface area contributed by atoms with E-state index >= 15 is 0 Å². The first kappa shape index (κ1) is 17.6. The number of aliphatic hydroxyl groups is 1. The van der Waals surface area contributed by atoms with E-state index in [0.29, 0.717) is 17.5 Å². The molecule has 0 amide bonds. The SMILES string of the molecule is CCN(CCCO)S(=O)(=O)c1cc(C(=O)O)c(C)cc1C. The third kappa shape index (κ3) is 3.81. The smallest absolute Gasteiger partial charge is 0.335 e. The number of hydrogen-bond donors (Lipinski definition) is 2. The molecule has 0 bridgehead atoms. The molecule has 0 saturated heterocycles. The first-order valence-corrected chi connectivity index (χ1v) is 8.15. The number of benzene rings is 1. The van der Waals surface area contributed by atoms with Gasteiger partial charge in [-0.1, -0.05) is 13.0 Å². The average Bonchev–Trinajstić information content (AvgIpc) is 2.38. The standard InChI is InChI=1S/C14H21NO5S/c1-4-15(6-5-7-16)21(19,20)13-9-12(14(17)18)10(2)8-11(13)3/h8-9,16H,4-7H2,1-3H3,(H,17,18).